The van der Waals surface area contributed by atoms with Crippen LogP contribution >= 0.6 is 0 Å². The summed E-state index contributed by atoms with van der Waals surface area (Å²) in [6, 6.07) is 6.84. The Hall–Kier alpha value is -3.16. The zero-order valence-electron chi connectivity index (χ0n) is 17.3. The molecular weight excluding hydrogens is 370 g/mol. The highest BCUT2D eigenvalue weighted by Crippen LogP contribution is 2.34. The maximum Gasteiger partial charge on any atom is 0.407 e. The van der Waals surface area contributed by atoms with E-state index in [1.54, 1.807) is 7.05 Å². The van der Waals surface area contributed by atoms with Crippen molar-refractivity contribution in [1.29, 1.82) is 0 Å². The smallest absolute Gasteiger partial charge is 0.407 e. The predicted molar refractivity (Wildman–Crippen MR) is 108 cm³/mol. The van der Waals surface area contributed by atoms with Crippen LogP contribution in [0.4, 0.5) is 10.7 Å². The van der Waals surface area contributed by atoms with Gasteiger partial charge in [0.1, 0.15) is 17.6 Å². The Morgan fingerprint density at radius 2 is 1.93 bits per heavy atom. The predicted octanol–water partition coefficient (Wildman–Crippen LogP) is 2.75. The molecule has 0 radical (unpaired) electrons. The number of nitrogens with zero attached hydrogens (tertiary/aromatic N) is 5. The van der Waals surface area contributed by atoms with E-state index in [1.807, 2.05) is 53.4 Å². The number of fused-ring (bicyclic) bond motifs is 3. The third-order valence-corrected chi connectivity index (χ3v) is 5.22. The maximum absolute atomic E-state index is 13.1. The largest absolute Gasteiger partial charge is 0.490 e. The van der Waals surface area contributed by atoms with Gasteiger partial charge >= 0.3 is 12.0 Å². The number of carbonyl (C=O) groups is 2. The number of rotatable bonds is 6. The van der Waals surface area contributed by atoms with Crippen LogP contribution in [0.25, 0.3) is 5.69 Å². The summed E-state index contributed by atoms with van der Waals surface area (Å²) in [5, 5.41) is 0. The summed E-state index contributed by atoms with van der Waals surface area (Å²) in [5.74, 6) is 1.60. The summed E-state index contributed by atoms with van der Waals surface area (Å²) >= 11 is 0. The van der Waals surface area contributed by atoms with Gasteiger partial charge in [0.15, 0.2) is 5.75 Å². The lowest BCUT2D eigenvalue weighted by atomic mass is 10.1. The van der Waals surface area contributed by atoms with E-state index in [0.717, 1.165) is 23.6 Å². The number of aromatic nitrogens is 2. The van der Waals surface area contributed by atoms with Gasteiger partial charge in [-0.05, 0) is 31.9 Å². The number of para-hydroxylation sites is 2. The molecule has 29 heavy (non-hydrogen) atoms. The van der Waals surface area contributed by atoms with Crippen molar-refractivity contribution in [3.8, 4) is 11.4 Å². The topological polar surface area (TPSA) is 71.0 Å². The Kier molecular flexibility index (Phi) is 4.86. The summed E-state index contributed by atoms with van der Waals surface area (Å²) in [5.41, 5.74) is 1.80. The number of imidazole rings is 1. The monoisotopic (exact) mass is 396 g/mol. The molecule has 2 aliphatic rings. The SMILES string of the molecule is CCCOc1ccccc1-n1c(C)c[n+]2c1N=C1C2C(=O)N(CCC)C(=O)N1C. The van der Waals surface area contributed by atoms with E-state index < -0.39 is 6.04 Å². The molecule has 152 valence electrons. The minimum Gasteiger partial charge on any atom is -0.490 e. The van der Waals surface area contributed by atoms with Crippen LogP contribution in [0, 0.1) is 6.92 Å². The second-order valence-electron chi connectivity index (χ2n) is 7.33. The molecule has 1 aromatic heterocycles. The average Bonchev–Trinajstić information content (AvgIpc) is 3.23. The number of ether oxygens (including phenoxy) is 1. The van der Waals surface area contributed by atoms with E-state index in [-0.39, 0.29) is 11.9 Å². The number of hydrogen-bond acceptors (Lipinski definition) is 4. The third kappa shape index (κ3) is 2.90. The first kappa shape index (κ1) is 19.2. The van der Waals surface area contributed by atoms with Gasteiger partial charge in [-0.25, -0.2) is 9.36 Å². The van der Waals surface area contributed by atoms with Gasteiger partial charge in [-0.3, -0.25) is 14.6 Å². The Labute approximate surface area is 170 Å². The lowest BCUT2D eigenvalue weighted by molar-refractivity contribution is -0.676. The summed E-state index contributed by atoms with van der Waals surface area (Å²) in [6.07, 6.45) is 3.54. The third-order valence-electron chi connectivity index (χ3n) is 5.22. The van der Waals surface area contributed by atoms with Crippen molar-refractivity contribution in [2.24, 2.45) is 4.99 Å². The van der Waals surface area contributed by atoms with Crippen molar-refractivity contribution in [3.05, 3.63) is 36.2 Å². The molecule has 3 amide bonds. The number of aliphatic imine (C=N–C) groups is 1. The van der Waals surface area contributed by atoms with Gasteiger partial charge in [-0.2, -0.15) is 4.57 Å². The quantitative estimate of drug-likeness (QED) is 0.705. The van der Waals surface area contributed by atoms with Crippen LogP contribution in [0.1, 0.15) is 38.4 Å². The van der Waals surface area contributed by atoms with E-state index in [1.165, 1.54) is 9.80 Å². The molecule has 0 aliphatic carbocycles. The molecule has 0 spiro atoms. The number of benzene rings is 1. The van der Waals surface area contributed by atoms with Crippen molar-refractivity contribution in [2.75, 3.05) is 20.2 Å². The Bertz CT molecular complexity index is 1010. The Morgan fingerprint density at radius 1 is 1.17 bits per heavy atom. The van der Waals surface area contributed by atoms with Crippen LogP contribution in [-0.4, -0.2) is 52.3 Å². The Morgan fingerprint density at radius 3 is 2.66 bits per heavy atom. The van der Waals surface area contributed by atoms with Gasteiger partial charge in [0.05, 0.1) is 6.61 Å². The van der Waals surface area contributed by atoms with Gasteiger partial charge < -0.3 is 4.74 Å². The molecule has 8 nitrogen and oxygen atoms in total. The number of likely N-dealkylation sites (N-methyl/N-ethyl adjacent to an activating group) is 1. The van der Waals surface area contributed by atoms with Gasteiger partial charge in [0.2, 0.25) is 11.9 Å². The van der Waals surface area contributed by atoms with E-state index >= 15 is 0 Å². The minimum absolute atomic E-state index is 0.231. The van der Waals surface area contributed by atoms with Crippen molar-refractivity contribution in [2.45, 2.75) is 39.7 Å². The fraction of sp³-hybridized carbons (Fsp3) is 0.429. The summed E-state index contributed by atoms with van der Waals surface area (Å²) in [7, 11) is 1.67. The van der Waals surface area contributed by atoms with Crippen molar-refractivity contribution in [3.63, 3.8) is 0 Å². The molecule has 1 saturated heterocycles. The van der Waals surface area contributed by atoms with Crippen molar-refractivity contribution in [1.82, 2.24) is 14.4 Å². The molecule has 0 N–H and O–H groups in total. The van der Waals surface area contributed by atoms with Crippen LogP contribution < -0.4 is 9.30 Å². The molecule has 0 saturated carbocycles. The molecule has 3 heterocycles. The maximum atomic E-state index is 13.1. The summed E-state index contributed by atoms with van der Waals surface area (Å²) < 4.78 is 9.77. The number of imide groups is 1. The second-order valence-corrected chi connectivity index (χ2v) is 7.33. The van der Waals surface area contributed by atoms with E-state index in [9.17, 15) is 9.59 Å². The van der Waals surface area contributed by atoms with Crippen molar-refractivity contribution < 1.29 is 18.9 Å². The van der Waals surface area contributed by atoms with Gasteiger partial charge in [0, 0.05) is 13.6 Å². The molecular formula is C21H26N5O3+. The van der Waals surface area contributed by atoms with Crippen LogP contribution in [0.15, 0.2) is 35.5 Å². The molecule has 8 heteroatoms. The fourth-order valence-electron chi connectivity index (χ4n) is 3.89. The highest BCUT2D eigenvalue weighted by molar-refractivity contribution is 6.19. The van der Waals surface area contributed by atoms with Crippen molar-refractivity contribution >= 4 is 23.7 Å². The molecule has 1 atom stereocenters. The average molecular weight is 396 g/mol. The molecule has 4 rings (SSSR count). The van der Waals surface area contributed by atoms with E-state index in [0.29, 0.717) is 31.4 Å². The van der Waals surface area contributed by atoms with Crippen LogP contribution in [0.5, 0.6) is 5.75 Å². The highest BCUT2D eigenvalue weighted by atomic mass is 16.5. The molecule has 1 unspecified atom stereocenters. The van der Waals surface area contributed by atoms with E-state index in [4.69, 9.17) is 9.73 Å². The number of carbonyl (C=O) groups excluding carboxylic acids is 2. The molecule has 2 aromatic rings. The second kappa shape index (κ2) is 7.35. The van der Waals surface area contributed by atoms with Crippen LogP contribution in [0.3, 0.4) is 0 Å². The molecule has 2 aliphatic heterocycles. The summed E-state index contributed by atoms with van der Waals surface area (Å²) in [4.78, 5) is 33.3. The number of amidine groups is 1. The van der Waals surface area contributed by atoms with E-state index in [2.05, 4.69) is 6.92 Å². The first-order valence-electron chi connectivity index (χ1n) is 10.0. The lowest BCUT2D eigenvalue weighted by Gasteiger charge is -2.32. The lowest BCUT2D eigenvalue weighted by Crippen LogP contribution is -2.62. The number of aryl methyl sites for hydroxylation is 1. The van der Waals surface area contributed by atoms with Crippen LogP contribution in [-0.2, 0) is 4.79 Å². The molecule has 1 fully saturated rings. The normalized spacial score (nSPS) is 18.1. The number of urea groups is 1. The first-order chi connectivity index (χ1) is 14.0. The highest BCUT2D eigenvalue weighted by Gasteiger charge is 2.53. The minimum atomic E-state index is -0.622. The van der Waals surface area contributed by atoms with Gasteiger partial charge in [-0.15, -0.1) is 0 Å². The summed E-state index contributed by atoms with van der Waals surface area (Å²) in [6.45, 7) is 7.00. The zero-order valence-corrected chi connectivity index (χ0v) is 17.3. The zero-order chi connectivity index (χ0) is 20.7. The Balaban J connectivity index is 1.83. The molecule has 1 aromatic carbocycles. The standard InChI is InChI=1S/C21H26N5O3/c1-5-11-24-19(27)17-18(23(4)21(24)28)22-20-25(17)13-14(3)26(20)15-9-7-8-10-16(15)29-12-6-2/h7-10,13,17H,5-6,11-12H2,1-4H3/q+1. The van der Waals surface area contributed by atoms with Crippen LogP contribution in [0.2, 0.25) is 0 Å². The number of hydrogen-bond donors (Lipinski definition) is 0. The fourth-order valence-corrected chi connectivity index (χ4v) is 3.89. The molecule has 0 bridgehead atoms. The first-order valence-corrected chi connectivity index (χ1v) is 10.0. The number of amides is 3. The van der Waals surface area contributed by atoms with Gasteiger partial charge in [-0.1, -0.05) is 31.0 Å². The van der Waals surface area contributed by atoms with Gasteiger partial charge in [0.25, 0.3) is 5.91 Å².